The van der Waals surface area contributed by atoms with Gasteiger partial charge in [0.2, 0.25) is 0 Å². The number of hydrogen-bond donors (Lipinski definition) is 0. The molecular formula is C38H27. The van der Waals surface area contributed by atoms with E-state index in [1.165, 1.54) is 66.1 Å². The molecule has 1 aliphatic rings. The van der Waals surface area contributed by atoms with Gasteiger partial charge in [0, 0.05) is 0 Å². The molecule has 6 aromatic carbocycles. The summed E-state index contributed by atoms with van der Waals surface area (Å²) in [7, 11) is 0. The van der Waals surface area contributed by atoms with Crippen molar-refractivity contribution >= 4 is 27.1 Å². The Balaban J connectivity index is 1.49. The van der Waals surface area contributed by atoms with Crippen molar-refractivity contribution < 1.29 is 0 Å². The molecule has 0 saturated carbocycles. The molecule has 0 aliphatic heterocycles. The summed E-state index contributed by atoms with van der Waals surface area (Å²) in [4.78, 5) is 0. The van der Waals surface area contributed by atoms with E-state index < -0.39 is 0 Å². The zero-order valence-electron chi connectivity index (χ0n) is 21.1. The van der Waals surface area contributed by atoms with Crippen LogP contribution in [0.2, 0.25) is 0 Å². The van der Waals surface area contributed by atoms with E-state index in [0.29, 0.717) is 0 Å². The number of hydrogen-bond acceptors (Lipinski definition) is 0. The largest absolute Gasteiger partial charge is 0.0839 e. The minimum atomic E-state index is 0.998. The quantitative estimate of drug-likeness (QED) is 0.219. The van der Waals surface area contributed by atoms with Gasteiger partial charge in [0.1, 0.15) is 0 Å². The summed E-state index contributed by atoms with van der Waals surface area (Å²) in [5, 5.41) is 5.13. The van der Waals surface area contributed by atoms with E-state index in [2.05, 4.69) is 152 Å². The highest BCUT2D eigenvalue weighted by atomic mass is 14.2. The molecule has 0 nitrogen and oxygen atoms in total. The molecule has 179 valence electrons. The van der Waals surface area contributed by atoms with Gasteiger partial charge in [-0.1, -0.05) is 140 Å². The molecule has 0 unspecified atom stereocenters. The Hall–Kier alpha value is -4.68. The van der Waals surface area contributed by atoms with Crippen LogP contribution in [0.3, 0.4) is 0 Å². The lowest BCUT2D eigenvalue weighted by molar-refractivity contribution is 1.27. The third-order valence-electron chi connectivity index (χ3n) is 7.59. The molecule has 0 bridgehead atoms. The van der Waals surface area contributed by atoms with Crippen LogP contribution in [-0.2, 0) is 0 Å². The van der Waals surface area contributed by atoms with Crippen molar-refractivity contribution in [3.05, 3.63) is 158 Å². The second-order valence-corrected chi connectivity index (χ2v) is 9.86. The molecule has 0 fully saturated rings. The summed E-state index contributed by atoms with van der Waals surface area (Å²) in [5.41, 5.74) is 10.1. The minimum absolute atomic E-state index is 0.998. The van der Waals surface area contributed by atoms with Crippen LogP contribution in [0.15, 0.2) is 146 Å². The van der Waals surface area contributed by atoms with Gasteiger partial charge in [-0.25, -0.2) is 0 Å². The highest BCUT2D eigenvalue weighted by Gasteiger charge is 2.17. The standard InChI is InChI=1S/C38H27/c1-4-12-27(13-5-1)28-20-22-29(23-21-28)32-24-25-35-36(26-32)38(31-16-8-3-9-17-31)34-19-11-10-18-33(34)37(35)30-14-6-2-7-15-30/h1-4,6-26H,5H2. The molecule has 0 amide bonds. The predicted octanol–water partition coefficient (Wildman–Crippen LogP) is 10.5. The van der Waals surface area contributed by atoms with E-state index in [1.54, 1.807) is 0 Å². The Kier molecular flexibility index (Phi) is 5.72. The third kappa shape index (κ3) is 3.96. The van der Waals surface area contributed by atoms with Crippen molar-refractivity contribution in [1.29, 1.82) is 0 Å². The highest BCUT2D eigenvalue weighted by Crippen LogP contribution is 2.44. The minimum Gasteiger partial charge on any atom is -0.0839 e. The molecule has 1 radical (unpaired) electrons. The molecule has 0 saturated heterocycles. The number of allylic oxidation sites excluding steroid dienone is 4. The van der Waals surface area contributed by atoms with Gasteiger partial charge in [-0.3, -0.25) is 0 Å². The molecule has 1 aliphatic carbocycles. The summed E-state index contributed by atoms with van der Waals surface area (Å²) in [6.45, 7) is 0. The van der Waals surface area contributed by atoms with Gasteiger partial charge in [0.25, 0.3) is 0 Å². The first-order chi connectivity index (χ1) is 18.9. The van der Waals surface area contributed by atoms with Crippen LogP contribution >= 0.6 is 0 Å². The van der Waals surface area contributed by atoms with E-state index in [4.69, 9.17) is 0 Å². The molecule has 6 aromatic rings. The lowest BCUT2D eigenvalue weighted by atomic mass is 9.85. The molecule has 0 atom stereocenters. The molecule has 0 heterocycles. The van der Waals surface area contributed by atoms with Crippen LogP contribution in [0, 0.1) is 6.42 Å². The topological polar surface area (TPSA) is 0 Å². The van der Waals surface area contributed by atoms with Crippen molar-refractivity contribution in [3.63, 3.8) is 0 Å². The zero-order valence-corrected chi connectivity index (χ0v) is 21.1. The molecule has 38 heavy (non-hydrogen) atoms. The average Bonchev–Trinajstić information content (AvgIpc) is 3.01. The summed E-state index contributed by atoms with van der Waals surface area (Å²) >= 11 is 0. The monoisotopic (exact) mass is 483 g/mol. The van der Waals surface area contributed by atoms with Crippen molar-refractivity contribution in [2.45, 2.75) is 6.42 Å². The molecule has 0 heteroatoms. The van der Waals surface area contributed by atoms with Crippen LogP contribution in [0.25, 0.3) is 60.5 Å². The fourth-order valence-electron chi connectivity index (χ4n) is 5.77. The van der Waals surface area contributed by atoms with E-state index in [-0.39, 0.29) is 0 Å². The van der Waals surface area contributed by atoms with E-state index in [0.717, 1.165) is 6.42 Å². The third-order valence-corrected chi connectivity index (χ3v) is 7.59. The van der Waals surface area contributed by atoms with E-state index in [1.807, 2.05) is 0 Å². The fraction of sp³-hybridized carbons (Fsp3) is 0.0263. The summed E-state index contributed by atoms with van der Waals surface area (Å²) < 4.78 is 0. The smallest absolute Gasteiger partial charge is 0.00262 e. The summed E-state index contributed by atoms with van der Waals surface area (Å²) in [6, 6.07) is 46.5. The van der Waals surface area contributed by atoms with Gasteiger partial charge in [0.05, 0.1) is 0 Å². The van der Waals surface area contributed by atoms with Gasteiger partial charge >= 0.3 is 0 Å². The van der Waals surface area contributed by atoms with Gasteiger partial charge < -0.3 is 0 Å². The van der Waals surface area contributed by atoms with Crippen LogP contribution in [0.1, 0.15) is 12.0 Å². The Bertz CT molecular complexity index is 1820. The van der Waals surface area contributed by atoms with Crippen molar-refractivity contribution in [1.82, 2.24) is 0 Å². The van der Waals surface area contributed by atoms with E-state index >= 15 is 0 Å². The predicted molar refractivity (Wildman–Crippen MR) is 164 cm³/mol. The number of rotatable bonds is 4. The average molecular weight is 484 g/mol. The van der Waals surface area contributed by atoms with Crippen LogP contribution in [0.4, 0.5) is 0 Å². The second-order valence-electron chi connectivity index (χ2n) is 9.86. The van der Waals surface area contributed by atoms with Gasteiger partial charge in [-0.15, -0.1) is 0 Å². The van der Waals surface area contributed by atoms with Gasteiger partial charge in [-0.05, 0) is 85.0 Å². The van der Waals surface area contributed by atoms with E-state index in [9.17, 15) is 0 Å². The van der Waals surface area contributed by atoms with Crippen molar-refractivity contribution in [2.24, 2.45) is 0 Å². The van der Waals surface area contributed by atoms with Gasteiger partial charge in [-0.2, -0.15) is 0 Å². The zero-order chi connectivity index (χ0) is 25.3. The first-order valence-electron chi connectivity index (χ1n) is 13.3. The number of benzene rings is 6. The molecular weight excluding hydrogens is 456 g/mol. The molecule has 0 N–H and O–H groups in total. The highest BCUT2D eigenvalue weighted by molar-refractivity contribution is 6.21. The summed E-state index contributed by atoms with van der Waals surface area (Å²) in [6.07, 6.45) is 9.81. The Morgan fingerprint density at radius 3 is 1.53 bits per heavy atom. The molecule has 7 rings (SSSR count). The number of fused-ring (bicyclic) bond motifs is 2. The molecule has 0 spiro atoms. The summed E-state index contributed by atoms with van der Waals surface area (Å²) in [5.74, 6) is 0. The van der Waals surface area contributed by atoms with Crippen LogP contribution < -0.4 is 0 Å². The van der Waals surface area contributed by atoms with Crippen LogP contribution in [-0.4, -0.2) is 0 Å². The van der Waals surface area contributed by atoms with Crippen LogP contribution in [0.5, 0.6) is 0 Å². The van der Waals surface area contributed by atoms with Crippen molar-refractivity contribution in [3.8, 4) is 33.4 Å². The normalized spacial score (nSPS) is 13.1. The molecule has 0 aromatic heterocycles. The maximum atomic E-state index is 2.39. The first kappa shape index (κ1) is 22.5. The maximum absolute atomic E-state index is 2.39. The Morgan fingerprint density at radius 1 is 0.395 bits per heavy atom. The Labute approximate surface area is 224 Å². The lowest BCUT2D eigenvalue weighted by Gasteiger charge is -2.19. The van der Waals surface area contributed by atoms with Crippen molar-refractivity contribution in [2.75, 3.05) is 0 Å². The SMILES string of the molecule is [CH]1CC=CC=C1c1ccc(-c2ccc3c(-c4ccccc4)c4ccccc4c(-c4ccccc4)c3c2)cc1. The first-order valence-corrected chi connectivity index (χ1v) is 13.3. The van der Waals surface area contributed by atoms with Gasteiger partial charge in [0.15, 0.2) is 0 Å². The second kappa shape index (κ2) is 9.65. The fourth-order valence-corrected chi connectivity index (χ4v) is 5.77. The Morgan fingerprint density at radius 2 is 0.921 bits per heavy atom. The maximum Gasteiger partial charge on any atom is -0.00262 e. The lowest BCUT2D eigenvalue weighted by Crippen LogP contribution is -1.92.